The minimum atomic E-state index is -0.503. The van der Waals surface area contributed by atoms with Crippen molar-refractivity contribution in [3.8, 4) is 5.82 Å². The minimum absolute atomic E-state index is 0.128. The second kappa shape index (κ2) is 8.32. The van der Waals surface area contributed by atoms with Crippen LogP contribution in [0.15, 0.2) is 54.9 Å². The maximum Gasteiger partial charge on any atom is 0.250 e. The Balaban J connectivity index is 1.60. The molecule has 3 aromatic rings. The zero-order chi connectivity index (χ0) is 20.2. The van der Waals surface area contributed by atoms with Crippen LogP contribution >= 0.6 is 0 Å². The van der Waals surface area contributed by atoms with Gasteiger partial charge in [0.1, 0.15) is 5.82 Å². The first kappa shape index (κ1) is 18.9. The summed E-state index contributed by atoms with van der Waals surface area (Å²) in [6, 6.07) is 13.2. The molecule has 8 nitrogen and oxygen atoms in total. The van der Waals surface area contributed by atoms with Gasteiger partial charge in [0.25, 0.3) is 5.91 Å². The lowest BCUT2D eigenvalue weighted by Crippen LogP contribution is -2.42. The molecule has 2 heterocycles. The molecule has 0 radical (unpaired) electrons. The highest BCUT2D eigenvalue weighted by molar-refractivity contribution is 5.99. The molecule has 0 saturated heterocycles. The van der Waals surface area contributed by atoms with Gasteiger partial charge in [0.05, 0.1) is 11.3 Å². The molecule has 4 rings (SSSR count). The van der Waals surface area contributed by atoms with Gasteiger partial charge in [-0.25, -0.2) is 9.67 Å². The largest absolute Gasteiger partial charge is 0.381 e. The first-order chi connectivity index (χ1) is 14.1. The van der Waals surface area contributed by atoms with E-state index in [1.54, 1.807) is 16.9 Å². The van der Waals surface area contributed by atoms with E-state index in [1.807, 2.05) is 42.6 Å². The Kier molecular flexibility index (Phi) is 5.44. The molecule has 0 unspecified atom stereocenters. The van der Waals surface area contributed by atoms with Gasteiger partial charge in [-0.1, -0.05) is 18.9 Å². The third-order valence-electron chi connectivity index (χ3n) is 5.19. The van der Waals surface area contributed by atoms with Crippen molar-refractivity contribution >= 4 is 23.1 Å². The maximum absolute atomic E-state index is 11.9. The molecule has 150 valence electrons. The number of nitrogens with zero attached hydrogens (tertiary/aromatic N) is 3. The van der Waals surface area contributed by atoms with Crippen molar-refractivity contribution in [1.82, 2.24) is 14.8 Å². The standard InChI is InChI=1S/C21H25N7O/c22-16-5-1-2-6-17(16)25-14-9-10-15(21(23)29)18(13-14)26-19-7-3-8-20(27-19)28-12-4-11-24-28/h3-4,7-13,16-17,25H,1-2,5-6,22H2,(H2,23,29)(H,26,27)/t16-,17+/m0/s1. The van der Waals surface area contributed by atoms with Crippen LogP contribution < -0.4 is 22.1 Å². The minimum Gasteiger partial charge on any atom is -0.381 e. The number of amides is 1. The van der Waals surface area contributed by atoms with Crippen LogP contribution in [0.5, 0.6) is 0 Å². The average molecular weight is 391 g/mol. The Bertz CT molecular complexity index is 986. The number of anilines is 3. The highest BCUT2D eigenvalue weighted by atomic mass is 16.1. The number of nitrogens with two attached hydrogens (primary N) is 2. The molecule has 0 spiro atoms. The van der Waals surface area contributed by atoms with Gasteiger partial charge < -0.3 is 22.1 Å². The Morgan fingerprint density at radius 1 is 1.14 bits per heavy atom. The number of hydrogen-bond acceptors (Lipinski definition) is 6. The molecule has 1 fully saturated rings. The quantitative estimate of drug-likeness (QED) is 0.512. The van der Waals surface area contributed by atoms with Crippen LogP contribution in [-0.2, 0) is 0 Å². The number of rotatable bonds is 6. The highest BCUT2D eigenvalue weighted by Gasteiger charge is 2.22. The Morgan fingerprint density at radius 3 is 2.76 bits per heavy atom. The molecule has 6 N–H and O–H groups in total. The van der Waals surface area contributed by atoms with Crippen molar-refractivity contribution in [2.24, 2.45) is 11.5 Å². The molecular weight excluding hydrogens is 366 g/mol. The Hall–Kier alpha value is -3.39. The zero-order valence-electron chi connectivity index (χ0n) is 16.1. The van der Waals surface area contributed by atoms with Gasteiger partial charge in [0.2, 0.25) is 0 Å². The van der Waals surface area contributed by atoms with Crippen molar-refractivity contribution < 1.29 is 4.79 Å². The summed E-state index contributed by atoms with van der Waals surface area (Å²) in [5.41, 5.74) is 13.7. The molecule has 2 aromatic heterocycles. The third-order valence-corrected chi connectivity index (χ3v) is 5.19. The normalized spacial score (nSPS) is 18.9. The first-order valence-electron chi connectivity index (χ1n) is 9.80. The number of pyridine rings is 1. The van der Waals surface area contributed by atoms with Gasteiger partial charge in [0, 0.05) is 30.2 Å². The second-order valence-electron chi connectivity index (χ2n) is 7.28. The van der Waals surface area contributed by atoms with Gasteiger partial charge in [-0.05, 0) is 49.2 Å². The van der Waals surface area contributed by atoms with Crippen LogP contribution in [0.3, 0.4) is 0 Å². The Morgan fingerprint density at radius 2 is 2.00 bits per heavy atom. The molecule has 1 aromatic carbocycles. The average Bonchev–Trinajstić information content (AvgIpc) is 3.25. The van der Waals surface area contributed by atoms with Crippen LogP contribution in [-0.4, -0.2) is 32.8 Å². The summed E-state index contributed by atoms with van der Waals surface area (Å²) >= 11 is 0. The fraction of sp³-hybridized carbons (Fsp3) is 0.286. The Labute approximate surface area is 169 Å². The number of carbonyl (C=O) groups excluding carboxylic acids is 1. The summed E-state index contributed by atoms with van der Waals surface area (Å²) in [5.74, 6) is 0.756. The lowest BCUT2D eigenvalue weighted by Gasteiger charge is -2.30. The van der Waals surface area contributed by atoms with Crippen LogP contribution in [0.4, 0.5) is 17.2 Å². The smallest absolute Gasteiger partial charge is 0.250 e. The van der Waals surface area contributed by atoms with Gasteiger partial charge in [-0.15, -0.1) is 0 Å². The van der Waals surface area contributed by atoms with Gasteiger partial charge in [-0.2, -0.15) is 5.10 Å². The lowest BCUT2D eigenvalue weighted by atomic mass is 9.91. The van der Waals surface area contributed by atoms with Crippen LogP contribution in [0, 0.1) is 0 Å². The highest BCUT2D eigenvalue weighted by Crippen LogP contribution is 2.27. The van der Waals surface area contributed by atoms with Crippen molar-refractivity contribution in [3.05, 3.63) is 60.4 Å². The SMILES string of the molecule is NC(=O)c1ccc(N[C@@H]2CCCC[C@@H]2N)cc1Nc1cccc(-n2cccn2)n1. The maximum atomic E-state index is 11.9. The number of aromatic nitrogens is 3. The van der Waals surface area contributed by atoms with E-state index < -0.39 is 5.91 Å². The molecule has 0 aliphatic heterocycles. The summed E-state index contributed by atoms with van der Waals surface area (Å²) in [5, 5.41) is 10.9. The fourth-order valence-corrected chi connectivity index (χ4v) is 3.67. The first-order valence-corrected chi connectivity index (χ1v) is 9.80. The molecule has 29 heavy (non-hydrogen) atoms. The van der Waals surface area contributed by atoms with E-state index in [9.17, 15) is 4.79 Å². The van der Waals surface area contributed by atoms with E-state index in [2.05, 4.69) is 20.7 Å². The second-order valence-corrected chi connectivity index (χ2v) is 7.28. The lowest BCUT2D eigenvalue weighted by molar-refractivity contribution is 0.100. The van der Waals surface area contributed by atoms with E-state index in [0.29, 0.717) is 22.9 Å². The molecule has 1 aliphatic carbocycles. The monoisotopic (exact) mass is 391 g/mol. The summed E-state index contributed by atoms with van der Waals surface area (Å²) in [7, 11) is 0. The van der Waals surface area contributed by atoms with Crippen molar-refractivity contribution in [3.63, 3.8) is 0 Å². The van der Waals surface area contributed by atoms with Crippen LogP contribution in [0.1, 0.15) is 36.0 Å². The predicted octanol–water partition coefficient (Wildman–Crippen LogP) is 2.79. The predicted molar refractivity (Wildman–Crippen MR) is 113 cm³/mol. The van der Waals surface area contributed by atoms with E-state index in [1.165, 1.54) is 12.8 Å². The summed E-state index contributed by atoms with van der Waals surface area (Å²) in [6.07, 6.45) is 7.91. The van der Waals surface area contributed by atoms with E-state index in [-0.39, 0.29) is 12.1 Å². The number of benzene rings is 1. The fourth-order valence-electron chi connectivity index (χ4n) is 3.67. The molecule has 1 saturated carbocycles. The van der Waals surface area contributed by atoms with Crippen molar-refractivity contribution in [2.45, 2.75) is 37.8 Å². The van der Waals surface area contributed by atoms with E-state index in [4.69, 9.17) is 11.5 Å². The number of primary amides is 1. The molecule has 2 atom stereocenters. The number of hydrogen-bond donors (Lipinski definition) is 4. The third kappa shape index (κ3) is 4.38. The van der Waals surface area contributed by atoms with Gasteiger partial charge in [0.15, 0.2) is 5.82 Å². The molecule has 1 aliphatic rings. The van der Waals surface area contributed by atoms with E-state index >= 15 is 0 Å². The summed E-state index contributed by atoms with van der Waals surface area (Å²) < 4.78 is 1.67. The molecule has 8 heteroatoms. The van der Waals surface area contributed by atoms with Crippen LogP contribution in [0.2, 0.25) is 0 Å². The van der Waals surface area contributed by atoms with E-state index in [0.717, 1.165) is 18.5 Å². The molecule has 0 bridgehead atoms. The van der Waals surface area contributed by atoms with Crippen molar-refractivity contribution in [1.29, 1.82) is 0 Å². The van der Waals surface area contributed by atoms with Gasteiger partial charge in [-0.3, -0.25) is 4.79 Å². The topological polar surface area (TPSA) is 124 Å². The van der Waals surface area contributed by atoms with Crippen LogP contribution in [0.25, 0.3) is 5.82 Å². The number of carbonyl (C=O) groups is 1. The zero-order valence-corrected chi connectivity index (χ0v) is 16.1. The molecular formula is C21H25N7O. The summed E-state index contributed by atoms with van der Waals surface area (Å²) in [6.45, 7) is 0. The molecule has 1 amide bonds. The van der Waals surface area contributed by atoms with Crippen molar-refractivity contribution in [2.75, 3.05) is 10.6 Å². The number of nitrogens with one attached hydrogen (secondary N) is 2. The summed E-state index contributed by atoms with van der Waals surface area (Å²) in [4.78, 5) is 16.5. The van der Waals surface area contributed by atoms with Gasteiger partial charge >= 0.3 is 0 Å².